The number of aliphatic hydroxyl groups is 1. The van der Waals surface area contributed by atoms with E-state index in [-0.39, 0.29) is 12.5 Å². The van der Waals surface area contributed by atoms with E-state index in [4.69, 9.17) is 4.74 Å². The number of nitrogens with one attached hydrogen (secondary N) is 1. The molecule has 0 bridgehead atoms. The van der Waals surface area contributed by atoms with Crippen LogP contribution < -0.4 is 5.32 Å². The third kappa shape index (κ3) is 10.8. The van der Waals surface area contributed by atoms with Gasteiger partial charge in [-0.25, -0.2) is 0 Å². The lowest BCUT2D eigenvalue weighted by molar-refractivity contribution is -0.135. The van der Waals surface area contributed by atoms with Crippen molar-refractivity contribution in [3.05, 3.63) is 0 Å². The van der Waals surface area contributed by atoms with Crippen molar-refractivity contribution in [3.63, 3.8) is 0 Å². The maximum absolute atomic E-state index is 11.9. The maximum Gasteiger partial charge on any atom is 0.389 e. The van der Waals surface area contributed by atoms with Gasteiger partial charge >= 0.3 is 6.18 Å². The van der Waals surface area contributed by atoms with E-state index in [1.807, 2.05) is 6.92 Å². The highest BCUT2D eigenvalue weighted by molar-refractivity contribution is 4.77. The molecule has 0 radical (unpaired) electrons. The summed E-state index contributed by atoms with van der Waals surface area (Å²) in [6, 6.07) is -0.0404. The second-order valence-corrected chi connectivity index (χ2v) is 5.03. The lowest BCUT2D eigenvalue weighted by Crippen LogP contribution is -2.42. The van der Waals surface area contributed by atoms with E-state index in [0.29, 0.717) is 26.0 Å². The summed E-state index contributed by atoms with van der Waals surface area (Å²) >= 11 is 0. The lowest BCUT2D eigenvalue weighted by Gasteiger charge is -2.25. The van der Waals surface area contributed by atoms with Crippen LogP contribution in [0.1, 0.15) is 39.5 Å². The van der Waals surface area contributed by atoms with Gasteiger partial charge in [-0.15, -0.1) is 0 Å². The molecule has 0 aromatic rings. The first-order chi connectivity index (χ1) is 8.16. The molecule has 0 saturated heterocycles. The first kappa shape index (κ1) is 17.7. The highest BCUT2D eigenvalue weighted by atomic mass is 19.4. The standard InChI is InChI=1S/C12H24F3NO2/c1-10(5-4-6-12(13,14)15)16-9-11(2,17)7-8-18-3/h10,16-17H,4-9H2,1-3H3. The fourth-order valence-electron chi connectivity index (χ4n) is 1.52. The summed E-state index contributed by atoms with van der Waals surface area (Å²) in [5.41, 5.74) is -0.895. The molecule has 2 unspecified atom stereocenters. The number of alkyl halides is 3. The van der Waals surface area contributed by atoms with Gasteiger partial charge in [-0.05, 0) is 26.7 Å². The number of hydrogen-bond donors (Lipinski definition) is 2. The average molecular weight is 271 g/mol. The van der Waals surface area contributed by atoms with Gasteiger partial charge < -0.3 is 15.2 Å². The van der Waals surface area contributed by atoms with E-state index in [0.717, 1.165) is 0 Å². The van der Waals surface area contributed by atoms with Crippen molar-refractivity contribution >= 4 is 0 Å². The van der Waals surface area contributed by atoms with Gasteiger partial charge in [-0.2, -0.15) is 13.2 Å². The minimum Gasteiger partial charge on any atom is -0.389 e. The number of hydrogen-bond acceptors (Lipinski definition) is 3. The van der Waals surface area contributed by atoms with Gasteiger partial charge in [0.25, 0.3) is 0 Å². The number of rotatable bonds is 9. The average Bonchev–Trinajstić information content (AvgIpc) is 2.22. The molecule has 0 heterocycles. The van der Waals surface area contributed by atoms with E-state index in [1.165, 1.54) is 0 Å². The molecule has 0 spiro atoms. The molecular formula is C12H24F3NO2. The van der Waals surface area contributed by atoms with Crippen LogP contribution in [0.15, 0.2) is 0 Å². The zero-order chi connectivity index (χ0) is 14.2. The van der Waals surface area contributed by atoms with Crippen molar-refractivity contribution in [1.29, 1.82) is 0 Å². The molecule has 0 aliphatic carbocycles. The predicted molar refractivity (Wildman–Crippen MR) is 64.5 cm³/mol. The largest absolute Gasteiger partial charge is 0.389 e. The third-order valence-corrected chi connectivity index (χ3v) is 2.77. The Labute approximate surface area is 107 Å². The van der Waals surface area contributed by atoms with Gasteiger partial charge in [-0.3, -0.25) is 0 Å². The van der Waals surface area contributed by atoms with Crippen LogP contribution in [0.4, 0.5) is 13.2 Å². The molecule has 6 heteroatoms. The van der Waals surface area contributed by atoms with Crippen molar-refractivity contribution in [3.8, 4) is 0 Å². The van der Waals surface area contributed by atoms with Crippen LogP contribution in [0.2, 0.25) is 0 Å². The summed E-state index contributed by atoms with van der Waals surface area (Å²) in [6.45, 7) is 4.31. The number of methoxy groups -OCH3 is 1. The second-order valence-electron chi connectivity index (χ2n) is 5.03. The van der Waals surface area contributed by atoms with Crippen LogP contribution in [0.25, 0.3) is 0 Å². The van der Waals surface area contributed by atoms with Crippen LogP contribution in [0, 0.1) is 0 Å². The molecule has 0 aliphatic rings. The third-order valence-electron chi connectivity index (χ3n) is 2.77. The van der Waals surface area contributed by atoms with Crippen LogP contribution in [-0.4, -0.2) is 43.2 Å². The molecule has 0 aromatic heterocycles. The van der Waals surface area contributed by atoms with E-state index in [9.17, 15) is 18.3 Å². The van der Waals surface area contributed by atoms with Gasteiger partial charge in [0.15, 0.2) is 0 Å². The Bertz CT molecular complexity index is 220. The second kappa shape index (κ2) is 7.96. The molecule has 0 aromatic carbocycles. The Morgan fingerprint density at radius 3 is 2.39 bits per heavy atom. The monoisotopic (exact) mass is 271 g/mol. The zero-order valence-corrected chi connectivity index (χ0v) is 11.3. The summed E-state index contributed by atoms with van der Waals surface area (Å²) in [7, 11) is 1.56. The highest BCUT2D eigenvalue weighted by Crippen LogP contribution is 2.22. The molecule has 110 valence electrons. The Kier molecular flexibility index (Phi) is 7.82. The summed E-state index contributed by atoms with van der Waals surface area (Å²) < 4.78 is 40.7. The summed E-state index contributed by atoms with van der Waals surface area (Å²) in [4.78, 5) is 0. The van der Waals surface area contributed by atoms with Gasteiger partial charge in [-0.1, -0.05) is 0 Å². The van der Waals surface area contributed by atoms with Crippen LogP contribution in [-0.2, 0) is 4.74 Å². The molecule has 2 N–H and O–H groups in total. The molecular weight excluding hydrogens is 247 g/mol. The molecule has 0 aliphatic heterocycles. The Balaban J connectivity index is 3.72. The summed E-state index contributed by atoms with van der Waals surface area (Å²) in [5.74, 6) is 0. The Morgan fingerprint density at radius 2 is 1.89 bits per heavy atom. The van der Waals surface area contributed by atoms with Crippen molar-refractivity contribution < 1.29 is 23.0 Å². The van der Waals surface area contributed by atoms with E-state index in [1.54, 1.807) is 14.0 Å². The first-order valence-electron chi connectivity index (χ1n) is 6.18. The molecule has 0 rings (SSSR count). The van der Waals surface area contributed by atoms with Gasteiger partial charge in [0.1, 0.15) is 0 Å². The van der Waals surface area contributed by atoms with E-state index in [2.05, 4.69) is 5.32 Å². The first-order valence-corrected chi connectivity index (χ1v) is 6.18. The zero-order valence-electron chi connectivity index (χ0n) is 11.3. The predicted octanol–water partition coefficient (Wildman–Crippen LogP) is 2.48. The maximum atomic E-state index is 11.9. The quantitative estimate of drug-likeness (QED) is 0.677. The van der Waals surface area contributed by atoms with Gasteiger partial charge in [0.2, 0.25) is 0 Å². The van der Waals surface area contributed by atoms with Crippen LogP contribution >= 0.6 is 0 Å². The van der Waals surface area contributed by atoms with Gasteiger partial charge in [0, 0.05) is 39.1 Å². The molecule has 2 atom stereocenters. The van der Waals surface area contributed by atoms with E-state index < -0.39 is 18.2 Å². The molecule has 0 saturated carbocycles. The SMILES string of the molecule is COCCC(C)(O)CNC(C)CCCC(F)(F)F. The van der Waals surface area contributed by atoms with Gasteiger partial charge in [0.05, 0.1) is 5.60 Å². The molecule has 3 nitrogen and oxygen atoms in total. The summed E-state index contributed by atoms with van der Waals surface area (Å²) in [5, 5.41) is 13.0. The fraction of sp³-hybridized carbons (Fsp3) is 1.00. The smallest absolute Gasteiger partial charge is 0.389 e. The fourth-order valence-corrected chi connectivity index (χ4v) is 1.52. The number of ether oxygens (including phenoxy) is 1. The van der Waals surface area contributed by atoms with E-state index >= 15 is 0 Å². The normalized spacial score (nSPS) is 17.5. The highest BCUT2D eigenvalue weighted by Gasteiger charge is 2.26. The molecule has 0 fully saturated rings. The minimum atomic E-state index is -4.08. The van der Waals surface area contributed by atoms with Crippen LogP contribution in [0.3, 0.4) is 0 Å². The molecule has 18 heavy (non-hydrogen) atoms. The minimum absolute atomic E-state index is 0.0404. The van der Waals surface area contributed by atoms with Crippen molar-refractivity contribution in [2.24, 2.45) is 0 Å². The lowest BCUT2D eigenvalue weighted by atomic mass is 10.0. The van der Waals surface area contributed by atoms with Crippen molar-refractivity contribution in [2.75, 3.05) is 20.3 Å². The number of halogens is 3. The van der Waals surface area contributed by atoms with Crippen LogP contribution in [0.5, 0.6) is 0 Å². The Hall–Kier alpha value is -0.330. The topological polar surface area (TPSA) is 41.5 Å². The van der Waals surface area contributed by atoms with Crippen molar-refractivity contribution in [2.45, 2.75) is 57.3 Å². The Morgan fingerprint density at radius 1 is 1.28 bits per heavy atom. The molecule has 0 amide bonds. The van der Waals surface area contributed by atoms with Crippen molar-refractivity contribution in [1.82, 2.24) is 5.32 Å². The summed E-state index contributed by atoms with van der Waals surface area (Å²) in [6.07, 6.45) is -3.79.